The fraction of sp³-hybridized carbons (Fsp3) is 0.133. The second kappa shape index (κ2) is 6.44. The van der Waals surface area contributed by atoms with Crippen molar-refractivity contribution in [2.75, 3.05) is 13.7 Å². The fourth-order valence-electron chi connectivity index (χ4n) is 1.45. The molecule has 0 heterocycles. The van der Waals surface area contributed by atoms with Crippen LogP contribution < -0.4 is 14.8 Å². The molecule has 4 heteroatoms. The minimum absolute atomic E-state index is 0.00931. The Kier molecular flexibility index (Phi) is 4.39. The Hall–Kier alpha value is -2.49. The zero-order valence-electron chi connectivity index (χ0n) is 10.6. The second-order valence-electron chi connectivity index (χ2n) is 3.85. The molecule has 19 heavy (non-hydrogen) atoms. The largest absolute Gasteiger partial charge is 0.484 e. The summed E-state index contributed by atoms with van der Waals surface area (Å²) in [6, 6.07) is 16.7. The maximum atomic E-state index is 11.0. The molecule has 0 spiro atoms. The summed E-state index contributed by atoms with van der Waals surface area (Å²) in [5.74, 6) is 1.97. The Morgan fingerprint density at radius 3 is 2.16 bits per heavy atom. The smallest absolute Gasteiger partial charge is 0.257 e. The van der Waals surface area contributed by atoms with E-state index < -0.39 is 0 Å². The molecule has 0 saturated carbocycles. The molecular weight excluding hydrogens is 242 g/mol. The number of likely N-dealkylation sites (N-methyl/N-ethyl adjacent to an activating group) is 1. The topological polar surface area (TPSA) is 47.6 Å². The van der Waals surface area contributed by atoms with Crippen LogP contribution >= 0.6 is 0 Å². The van der Waals surface area contributed by atoms with Crippen molar-refractivity contribution < 1.29 is 14.3 Å². The van der Waals surface area contributed by atoms with Crippen molar-refractivity contribution in [3.8, 4) is 17.2 Å². The molecule has 1 N–H and O–H groups in total. The van der Waals surface area contributed by atoms with Crippen LogP contribution in [0.25, 0.3) is 0 Å². The Morgan fingerprint density at radius 2 is 1.53 bits per heavy atom. The van der Waals surface area contributed by atoms with Gasteiger partial charge in [0.05, 0.1) is 0 Å². The number of para-hydroxylation sites is 1. The van der Waals surface area contributed by atoms with E-state index in [1.807, 2.05) is 30.3 Å². The van der Waals surface area contributed by atoms with Gasteiger partial charge in [0.1, 0.15) is 17.2 Å². The molecule has 0 atom stereocenters. The molecule has 2 aromatic rings. The van der Waals surface area contributed by atoms with Crippen LogP contribution in [0.15, 0.2) is 54.6 Å². The van der Waals surface area contributed by atoms with Crippen LogP contribution in [-0.2, 0) is 4.79 Å². The summed E-state index contributed by atoms with van der Waals surface area (Å²) in [5.41, 5.74) is 0. The van der Waals surface area contributed by atoms with Crippen LogP contribution in [0.3, 0.4) is 0 Å². The maximum absolute atomic E-state index is 11.0. The molecule has 1 amide bonds. The standard InChI is InChI=1S/C15H15NO3/c1-16-15(17)11-18-12-7-9-14(10-8-12)19-13-5-3-2-4-6-13/h2-10H,11H2,1H3,(H,16,17). The maximum Gasteiger partial charge on any atom is 0.257 e. The van der Waals surface area contributed by atoms with E-state index in [0.29, 0.717) is 5.75 Å². The van der Waals surface area contributed by atoms with Gasteiger partial charge in [0.2, 0.25) is 0 Å². The molecular formula is C15H15NO3. The van der Waals surface area contributed by atoms with Gasteiger partial charge in [-0.15, -0.1) is 0 Å². The van der Waals surface area contributed by atoms with E-state index in [9.17, 15) is 4.79 Å². The number of ether oxygens (including phenoxy) is 2. The van der Waals surface area contributed by atoms with Crippen molar-refractivity contribution in [1.29, 1.82) is 0 Å². The van der Waals surface area contributed by atoms with Crippen LogP contribution in [0.4, 0.5) is 0 Å². The van der Waals surface area contributed by atoms with Crippen LogP contribution in [0.2, 0.25) is 0 Å². The van der Waals surface area contributed by atoms with Crippen molar-refractivity contribution in [1.82, 2.24) is 5.32 Å². The number of rotatable bonds is 5. The van der Waals surface area contributed by atoms with E-state index in [2.05, 4.69) is 5.32 Å². The van der Waals surface area contributed by atoms with E-state index in [4.69, 9.17) is 9.47 Å². The molecule has 0 aliphatic heterocycles. The molecule has 0 unspecified atom stereocenters. The van der Waals surface area contributed by atoms with Gasteiger partial charge in [0, 0.05) is 7.05 Å². The Morgan fingerprint density at radius 1 is 0.947 bits per heavy atom. The molecule has 2 rings (SSSR count). The molecule has 0 radical (unpaired) electrons. The fourth-order valence-corrected chi connectivity index (χ4v) is 1.45. The van der Waals surface area contributed by atoms with Crippen molar-refractivity contribution in [2.24, 2.45) is 0 Å². The summed E-state index contributed by atoms with van der Waals surface area (Å²) < 4.78 is 10.9. The van der Waals surface area contributed by atoms with Gasteiger partial charge in [-0.1, -0.05) is 18.2 Å². The lowest BCUT2D eigenvalue weighted by Crippen LogP contribution is -2.24. The zero-order valence-corrected chi connectivity index (χ0v) is 10.6. The minimum atomic E-state index is -0.162. The minimum Gasteiger partial charge on any atom is -0.484 e. The molecule has 0 aromatic heterocycles. The third-order valence-electron chi connectivity index (χ3n) is 2.45. The van der Waals surface area contributed by atoms with Crippen molar-refractivity contribution >= 4 is 5.91 Å². The van der Waals surface area contributed by atoms with E-state index in [1.165, 1.54) is 0 Å². The lowest BCUT2D eigenvalue weighted by atomic mass is 10.3. The summed E-state index contributed by atoms with van der Waals surface area (Å²) >= 11 is 0. The van der Waals surface area contributed by atoms with Crippen LogP contribution in [0.5, 0.6) is 17.2 Å². The predicted octanol–water partition coefficient (Wildman–Crippen LogP) is 2.60. The number of nitrogens with one attached hydrogen (secondary N) is 1. The highest BCUT2D eigenvalue weighted by molar-refractivity contribution is 5.77. The van der Waals surface area contributed by atoms with Crippen LogP contribution in [0.1, 0.15) is 0 Å². The zero-order chi connectivity index (χ0) is 13.5. The van der Waals surface area contributed by atoms with E-state index in [1.54, 1.807) is 31.3 Å². The average molecular weight is 257 g/mol. The Balaban J connectivity index is 1.93. The van der Waals surface area contributed by atoms with E-state index >= 15 is 0 Å². The number of benzene rings is 2. The Labute approximate surface area is 112 Å². The summed E-state index contributed by atoms with van der Waals surface area (Å²) in [7, 11) is 1.57. The molecule has 0 fully saturated rings. The first kappa shape index (κ1) is 13.0. The van der Waals surface area contributed by atoms with Crippen molar-refractivity contribution in [3.05, 3.63) is 54.6 Å². The third-order valence-corrected chi connectivity index (χ3v) is 2.45. The number of hydrogen-bond acceptors (Lipinski definition) is 3. The number of hydrogen-bond donors (Lipinski definition) is 1. The van der Waals surface area contributed by atoms with Gasteiger partial charge < -0.3 is 14.8 Å². The number of amides is 1. The molecule has 98 valence electrons. The van der Waals surface area contributed by atoms with Gasteiger partial charge in [0.15, 0.2) is 6.61 Å². The first-order chi connectivity index (χ1) is 9.28. The Bertz CT molecular complexity index is 523. The number of carbonyl (C=O) groups excluding carboxylic acids is 1. The normalized spacial score (nSPS) is 9.74. The molecule has 0 bridgehead atoms. The molecule has 0 aliphatic carbocycles. The highest BCUT2D eigenvalue weighted by Crippen LogP contribution is 2.23. The van der Waals surface area contributed by atoms with Gasteiger partial charge in [0.25, 0.3) is 5.91 Å². The highest BCUT2D eigenvalue weighted by Gasteiger charge is 2.01. The quantitative estimate of drug-likeness (QED) is 0.895. The second-order valence-corrected chi connectivity index (χ2v) is 3.85. The first-order valence-corrected chi connectivity index (χ1v) is 5.94. The van der Waals surface area contributed by atoms with Crippen LogP contribution in [-0.4, -0.2) is 19.6 Å². The summed E-state index contributed by atoms with van der Waals surface area (Å²) in [4.78, 5) is 11.0. The summed E-state index contributed by atoms with van der Waals surface area (Å²) in [6.07, 6.45) is 0. The summed E-state index contributed by atoms with van der Waals surface area (Å²) in [6.45, 7) is 0.00931. The monoisotopic (exact) mass is 257 g/mol. The number of carbonyl (C=O) groups is 1. The average Bonchev–Trinajstić information content (AvgIpc) is 2.47. The van der Waals surface area contributed by atoms with E-state index in [0.717, 1.165) is 11.5 Å². The van der Waals surface area contributed by atoms with Gasteiger partial charge in [-0.2, -0.15) is 0 Å². The van der Waals surface area contributed by atoms with Crippen LogP contribution in [0, 0.1) is 0 Å². The predicted molar refractivity (Wildman–Crippen MR) is 72.5 cm³/mol. The third kappa shape index (κ3) is 4.03. The molecule has 4 nitrogen and oxygen atoms in total. The molecule has 0 saturated heterocycles. The van der Waals surface area contributed by atoms with Gasteiger partial charge in [-0.25, -0.2) is 0 Å². The van der Waals surface area contributed by atoms with Crippen molar-refractivity contribution in [2.45, 2.75) is 0 Å². The van der Waals surface area contributed by atoms with Gasteiger partial charge in [-0.05, 0) is 36.4 Å². The van der Waals surface area contributed by atoms with Gasteiger partial charge in [-0.3, -0.25) is 4.79 Å². The van der Waals surface area contributed by atoms with Crippen molar-refractivity contribution in [3.63, 3.8) is 0 Å². The molecule has 0 aliphatic rings. The first-order valence-electron chi connectivity index (χ1n) is 5.94. The lowest BCUT2D eigenvalue weighted by Gasteiger charge is -2.07. The SMILES string of the molecule is CNC(=O)COc1ccc(Oc2ccccc2)cc1. The highest BCUT2D eigenvalue weighted by atomic mass is 16.5. The molecule has 2 aromatic carbocycles. The summed E-state index contributed by atoms with van der Waals surface area (Å²) in [5, 5.41) is 2.49. The lowest BCUT2D eigenvalue weighted by molar-refractivity contribution is -0.122. The van der Waals surface area contributed by atoms with E-state index in [-0.39, 0.29) is 12.5 Å². The van der Waals surface area contributed by atoms with Gasteiger partial charge >= 0.3 is 0 Å².